The van der Waals surface area contributed by atoms with Gasteiger partial charge in [-0.2, -0.15) is 9.61 Å². The summed E-state index contributed by atoms with van der Waals surface area (Å²) in [6, 6.07) is 15.3. The van der Waals surface area contributed by atoms with Crippen molar-refractivity contribution in [2.24, 2.45) is 0 Å². The van der Waals surface area contributed by atoms with E-state index >= 15 is 0 Å². The molecule has 0 aliphatic carbocycles. The molecule has 1 aliphatic rings. The Morgan fingerprint density at radius 3 is 2.69 bits per heavy atom. The van der Waals surface area contributed by atoms with E-state index in [1.807, 2.05) is 30.5 Å². The summed E-state index contributed by atoms with van der Waals surface area (Å²) in [5, 5.41) is 7.82. The lowest BCUT2D eigenvalue weighted by Gasteiger charge is -2.34. The molecule has 0 bridgehead atoms. The highest BCUT2D eigenvalue weighted by molar-refractivity contribution is 7.98. The zero-order chi connectivity index (χ0) is 24.4. The van der Waals surface area contributed by atoms with E-state index in [0.29, 0.717) is 53.9 Å². The Labute approximate surface area is 209 Å². The van der Waals surface area contributed by atoms with Gasteiger partial charge in [-0.3, -0.25) is 9.69 Å². The van der Waals surface area contributed by atoms with E-state index in [-0.39, 0.29) is 17.4 Å². The molecule has 11 heteroatoms. The van der Waals surface area contributed by atoms with Crippen LogP contribution >= 0.6 is 23.1 Å². The molecule has 2 aromatic carbocycles. The van der Waals surface area contributed by atoms with Crippen molar-refractivity contribution >= 4 is 39.8 Å². The number of aromatic nitrogens is 3. The first-order valence-electron chi connectivity index (χ1n) is 11.1. The maximum Gasteiger partial charge on any atom is 0.321 e. The molecule has 1 aliphatic heterocycles. The Morgan fingerprint density at radius 2 is 1.91 bits per heavy atom. The second kappa shape index (κ2) is 10.1. The molecular weight excluding hydrogens is 487 g/mol. The quantitative estimate of drug-likeness (QED) is 0.408. The fraction of sp³-hybridized carbons (Fsp3) is 0.250. The van der Waals surface area contributed by atoms with E-state index in [1.54, 1.807) is 28.8 Å². The van der Waals surface area contributed by atoms with E-state index in [1.165, 1.54) is 34.1 Å². The molecule has 2 amide bonds. The Kier molecular flexibility index (Phi) is 6.80. The molecule has 0 unspecified atom stereocenters. The molecule has 1 saturated heterocycles. The molecule has 35 heavy (non-hydrogen) atoms. The van der Waals surface area contributed by atoms with Gasteiger partial charge in [0.25, 0.3) is 5.56 Å². The first-order valence-corrected chi connectivity index (χ1v) is 13.1. The van der Waals surface area contributed by atoms with E-state index in [9.17, 15) is 14.0 Å². The summed E-state index contributed by atoms with van der Waals surface area (Å²) in [5.74, 6) is -0.357. The summed E-state index contributed by atoms with van der Waals surface area (Å²) in [6.07, 6.45) is 2.00. The van der Waals surface area contributed by atoms with Crippen LogP contribution < -0.4 is 10.9 Å². The molecule has 0 spiro atoms. The van der Waals surface area contributed by atoms with Crippen LogP contribution in [0.5, 0.6) is 0 Å². The summed E-state index contributed by atoms with van der Waals surface area (Å²) >= 11 is 2.88. The van der Waals surface area contributed by atoms with Crippen LogP contribution in [0.2, 0.25) is 0 Å². The van der Waals surface area contributed by atoms with Crippen molar-refractivity contribution in [2.75, 3.05) is 37.8 Å². The van der Waals surface area contributed by atoms with E-state index in [2.05, 4.69) is 20.3 Å². The predicted molar refractivity (Wildman–Crippen MR) is 137 cm³/mol. The SMILES string of the molecule is CSc1cccc(NC(=O)N2CCN(Cc3cc(=O)n4nc(-c5cccc(F)c5)sc4n3)CC2)c1. The third-order valence-electron chi connectivity index (χ3n) is 5.74. The zero-order valence-corrected chi connectivity index (χ0v) is 20.6. The van der Waals surface area contributed by atoms with E-state index in [4.69, 9.17) is 0 Å². The summed E-state index contributed by atoms with van der Waals surface area (Å²) in [7, 11) is 0. The first-order chi connectivity index (χ1) is 17.0. The van der Waals surface area contributed by atoms with Crippen molar-refractivity contribution in [3.05, 3.63) is 76.5 Å². The van der Waals surface area contributed by atoms with E-state index < -0.39 is 0 Å². The van der Waals surface area contributed by atoms with Crippen molar-refractivity contribution in [3.63, 3.8) is 0 Å². The number of urea groups is 1. The fourth-order valence-electron chi connectivity index (χ4n) is 3.92. The van der Waals surface area contributed by atoms with Gasteiger partial charge < -0.3 is 10.2 Å². The van der Waals surface area contributed by atoms with Gasteiger partial charge in [-0.1, -0.05) is 29.5 Å². The lowest BCUT2D eigenvalue weighted by molar-refractivity contribution is 0.142. The van der Waals surface area contributed by atoms with Gasteiger partial charge in [0.1, 0.15) is 10.8 Å². The van der Waals surface area contributed by atoms with Gasteiger partial charge in [0.2, 0.25) is 4.96 Å². The first kappa shape index (κ1) is 23.5. The largest absolute Gasteiger partial charge is 0.322 e. The number of hydrogen-bond donors (Lipinski definition) is 1. The van der Waals surface area contributed by atoms with Gasteiger partial charge in [0.05, 0.1) is 5.69 Å². The van der Waals surface area contributed by atoms with Crippen molar-refractivity contribution in [1.29, 1.82) is 0 Å². The van der Waals surface area contributed by atoms with Gasteiger partial charge in [-0.15, -0.1) is 11.8 Å². The lowest BCUT2D eigenvalue weighted by atomic mass is 10.2. The number of amides is 2. The predicted octanol–water partition coefficient (Wildman–Crippen LogP) is 4.03. The van der Waals surface area contributed by atoms with Gasteiger partial charge in [-0.25, -0.2) is 14.2 Å². The van der Waals surface area contributed by atoms with Gasteiger partial charge in [0, 0.05) is 54.9 Å². The molecular formula is C24H23FN6O2S2. The van der Waals surface area contributed by atoms with Crippen LogP contribution in [0.15, 0.2) is 64.3 Å². The number of carbonyl (C=O) groups is 1. The van der Waals surface area contributed by atoms with Crippen LogP contribution in [-0.2, 0) is 6.54 Å². The molecule has 1 fully saturated rings. The summed E-state index contributed by atoms with van der Waals surface area (Å²) in [4.78, 5) is 35.4. The topological polar surface area (TPSA) is 82.8 Å². The lowest BCUT2D eigenvalue weighted by Crippen LogP contribution is -2.49. The molecule has 1 N–H and O–H groups in total. The van der Waals surface area contributed by atoms with E-state index in [0.717, 1.165) is 10.6 Å². The highest BCUT2D eigenvalue weighted by atomic mass is 32.2. The van der Waals surface area contributed by atoms with Crippen molar-refractivity contribution in [2.45, 2.75) is 11.4 Å². The van der Waals surface area contributed by atoms with Crippen LogP contribution in [-0.4, -0.2) is 62.9 Å². The van der Waals surface area contributed by atoms with Crippen LogP contribution in [0.4, 0.5) is 14.9 Å². The molecule has 8 nitrogen and oxygen atoms in total. The average Bonchev–Trinajstić information content (AvgIpc) is 3.29. The van der Waals surface area contributed by atoms with Crippen molar-refractivity contribution < 1.29 is 9.18 Å². The third kappa shape index (κ3) is 5.37. The fourth-order valence-corrected chi connectivity index (χ4v) is 5.30. The zero-order valence-electron chi connectivity index (χ0n) is 19.0. The Morgan fingerprint density at radius 1 is 1.11 bits per heavy atom. The molecule has 0 radical (unpaired) electrons. The van der Waals surface area contributed by atoms with Gasteiger partial charge >= 0.3 is 6.03 Å². The highest BCUT2D eigenvalue weighted by Gasteiger charge is 2.22. The minimum absolute atomic E-state index is 0.116. The Hall–Kier alpha value is -3.28. The number of carbonyl (C=O) groups excluding carboxylic acids is 1. The summed E-state index contributed by atoms with van der Waals surface area (Å²) in [6.45, 7) is 3.02. The number of halogens is 1. The normalized spacial score (nSPS) is 14.4. The molecule has 5 rings (SSSR count). The number of benzene rings is 2. The highest BCUT2D eigenvalue weighted by Crippen LogP contribution is 2.25. The van der Waals surface area contributed by atoms with Gasteiger partial charge in [-0.05, 0) is 36.6 Å². The standard InChI is InChI=1S/C24H23FN6O2S2/c1-34-20-7-3-6-18(13-20)26-23(33)30-10-8-29(9-11-30)15-19-14-21(32)31-24(27-19)35-22(28-31)16-4-2-5-17(25)12-16/h2-7,12-14H,8-11,15H2,1H3,(H,26,33). The number of hydrogen-bond acceptors (Lipinski definition) is 7. The van der Waals surface area contributed by atoms with Crippen LogP contribution in [0, 0.1) is 5.82 Å². The van der Waals surface area contributed by atoms with Crippen LogP contribution in [0.1, 0.15) is 5.69 Å². The number of fused-ring (bicyclic) bond motifs is 1. The molecule has 4 aromatic rings. The molecule has 3 heterocycles. The monoisotopic (exact) mass is 510 g/mol. The van der Waals surface area contributed by atoms with Gasteiger partial charge in [0.15, 0.2) is 0 Å². The number of piperazine rings is 1. The molecule has 2 aromatic heterocycles. The van der Waals surface area contributed by atoms with Crippen LogP contribution in [0.25, 0.3) is 15.5 Å². The van der Waals surface area contributed by atoms with Crippen molar-refractivity contribution in [1.82, 2.24) is 24.4 Å². The average molecular weight is 511 g/mol. The summed E-state index contributed by atoms with van der Waals surface area (Å²) in [5.41, 5.74) is 1.77. The minimum Gasteiger partial charge on any atom is -0.322 e. The number of rotatable bonds is 5. The number of nitrogens with zero attached hydrogens (tertiary/aromatic N) is 5. The number of nitrogens with one attached hydrogen (secondary N) is 1. The molecule has 0 atom stereocenters. The van der Waals surface area contributed by atoms with Crippen LogP contribution in [0.3, 0.4) is 0 Å². The Balaban J connectivity index is 1.22. The second-order valence-corrected chi connectivity index (χ2v) is 9.96. The number of thioether (sulfide) groups is 1. The number of anilines is 1. The second-order valence-electron chi connectivity index (χ2n) is 8.12. The summed E-state index contributed by atoms with van der Waals surface area (Å²) < 4.78 is 14.8. The smallest absolute Gasteiger partial charge is 0.321 e. The minimum atomic E-state index is -0.357. The third-order valence-corrected chi connectivity index (χ3v) is 7.42. The molecule has 0 saturated carbocycles. The maximum absolute atomic E-state index is 13.6. The molecule has 180 valence electrons. The maximum atomic E-state index is 13.6. The van der Waals surface area contributed by atoms with Crippen molar-refractivity contribution in [3.8, 4) is 10.6 Å². The Bertz CT molecular complexity index is 1430.